The van der Waals surface area contributed by atoms with Crippen LogP contribution in [-0.4, -0.2) is 66.6 Å². The molecule has 0 saturated carbocycles. The predicted octanol–water partition coefficient (Wildman–Crippen LogP) is 1.39. The summed E-state index contributed by atoms with van der Waals surface area (Å²) in [6, 6.07) is 5.42. The lowest BCUT2D eigenvalue weighted by atomic mass is 9.95. The number of nitrogens with zero attached hydrogens (tertiary/aromatic N) is 2. The Hall–Kier alpha value is -2.77. The van der Waals surface area contributed by atoms with Crippen LogP contribution in [0.15, 0.2) is 18.2 Å². The summed E-state index contributed by atoms with van der Waals surface area (Å²) in [5.74, 6) is 0.460. The highest BCUT2D eigenvalue weighted by atomic mass is 16.6. The summed E-state index contributed by atoms with van der Waals surface area (Å²) in [6.07, 6.45) is 2.21. The summed E-state index contributed by atoms with van der Waals surface area (Å²) in [5, 5.41) is 2.76. The van der Waals surface area contributed by atoms with E-state index < -0.39 is 5.60 Å². The number of nitrogens with one attached hydrogen (secondary N) is 1. The molecule has 0 radical (unpaired) electrons. The third kappa shape index (κ3) is 3.56. The molecule has 0 bridgehead atoms. The minimum absolute atomic E-state index is 0.0145. The van der Waals surface area contributed by atoms with E-state index in [9.17, 15) is 14.4 Å². The largest absolute Gasteiger partial charge is 0.482 e. The van der Waals surface area contributed by atoms with Gasteiger partial charge in [-0.05, 0) is 30.5 Å². The lowest BCUT2D eigenvalue weighted by Gasteiger charge is -2.25. The number of carbonyl (C=O) groups is 3. The average Bonchev–Trinajstić information content (AvgIpc) is 2.79. The van der Waals surface area contributed by atoms with E-state index in [-0.39, 0.29) is 30.9 Å². The summed E-state index contributed by atoms with van der Waals surface area (Å²) in [6.45, 7) is 1.83. The van der Waals surface area contributed by atoms with Crippen LogP contribution in [0.2, 0.25) is 0 Å². The van der Waals surface area contributed by atoms with Crippen molar-refractivity contribution in [2.45, 2.75) is 31.3 Å². The van der Waals surface area contributed by atoms with Crippen molar-refractivity contribution in [3.8, 4) is 5.75 Å². The molecule has 8 heteroatoms. The van der Waals surface area contributed by atoms with Crippen LogP contribution in [0.25, 0.3) is 0 Å². The van der Waals surface area contributed by atoms with Crippen molar-refractivity contribution >= 4 is 23.6 Å². The predicted molar refractivity (Wildman–Crippen MR) is 96.5 cm³/mol. The lowest BCUT2D eigenvalue weighted by molar-refractivity contribution is -0.130. The molecule has 0 aliphatic carbocycles. The number of carbonyl (C=O) groups excluding carboxylic acids is 3. The smallest absolute Gasteiger partial charge is 0.410 e. The van der Waals surface area contributed by atoms with Gasteiger partial charge in [0.25, 0.3) is 5.91 Å². The second-order valence-corrected chi connectivity index (χ2v) is 7.49. The molecule has 1 spiro atoms. The Morgan fingerprint density at radius 3 is 2.89 bits per heavy atom. The van der Waals surface area contributed by atoms with Gasteiger partial charge in [0.15, 0.2) is 6.61 Å². The van der Waals surface area contributed by atoms with Crippen molar-refractivity contribution < 1.29 is 23.9 Å². The molecule has 1 N–H and O–H groups in total. The molecule has 1 aromatic carbocycles. The van der Waals surface area contributed by atoms with Crippen LogP contribution in [0.1, 0.15) is 24.8 Å². The van der Waals surface area contributed by atoms with Crippen LogP contribution in [0.3, 0.4) is 0 Å². The van der Waals surface area contributed by atoms with E-state index in [2.05, 4.69) is 5.32 Å². The number of anilines is 1. The monoisotopic (exact) mass is 373 g/mol. The van der Waals surface area contributed by atoms with Gasteiger partial charge in [-0.1, -0.05) is 6.07 Å². The summed E-state index contributed by atoms with van der Waals surface area (Å²) in [4.78, 5) is 39.4. The van der Waals surface area contributed by atoms with E-state index in [1.807, 2.05) is 11.0 Å². The quantitative estimate of drug-likeness (QED) is 0.846. The molecule has 3 heterocycles. The lowest BCUT2D eigenvalue weighted by Crippen LogP contribution is -2.37. The summed E-state index contributed by atoms with van der Waals surface area (Å²) in [5.41, 5.74) is 0.969. The van der Waals surface area contributed by atoms with Crippen molar-refractivity contribution in [1.29, 1.82) is 0 Å². The van der Waals surface area contributed by atoms with E-state index in [4.69, 9.17) is 9.47 Å². The fourth-order valence-corrected chi connectivity index (χ4v) is 4.00. The van der Waals surface area contributed by atoms with Gasteiger partial charge >= 0.3 is 6.09 Å². The van der Waals surface area contributed by atoms with Gasteiger partial charge in [-0.2, -0.15) is 0 Å². The molecule has 1 atom stereocenters. The number of hydrogen-bond acceptors (Lipinski definition) is 5. The Balaban J connectivity index is 1.40. The van der Waals surface area contributed by atoms with Gasteiger partial charge in [0.2, 0.25) is 5.91 Å². The molecule has 3 amide bonds. The van der Waals surface area contributed by atoms with E-state index in [0.29, 0.717) is 37.5 Å². The number of benzene rings is 1. The van der Waals surface area contributed by atoms with Gasteiger partial charge in [-0.3, -0.25) is 9.59 Å². The first kappa shape index (κ1) is 17.6. The standard InChI is InChI=1S/C19H23N3O5/c1-21-12-19(27-18(21)25)5-2-7-22(8-6-19)17(24)10-13-3-4-15-14(9-13)20-16(23)11-26-15/h3-4,9H,2,5-8,10-12H2,1H3,(H,20,23)/t19-/m0/s1. The zero-order valence-corrected chi connectivity index (χ0v) is 15.3. The molecule has 2 fully saturated rings. The van der Waals surface area contributed by atoms with Gasteiger partial charge in [-0.25, -0.2) is 4.79 Å². The minimum Gasteiger partial charge on any atom is -0.482 e. The third-order valence-corrected chi connectivity index (χ3v) is 5.42. The first-order valence-corrected chi connectivity index (χ1v) is 9.22. The van der Waals surface area contributed by atoms with E-state index in [0.717, 1.165) is 18.4 Å². The fourth-order valence-electron chi connectivity index (χ4n) is 4.00. The Morgan fingerprint density at radius 2 is 2.11 bits per heavy atom. The molecule has 3 aliphatic heterocycles. The number of likely N-dealkylation sites (tertiary alicyclic amines) is 1. The second kappa shape index (κ2) is 6.75. The summed E-state index contributed by atoms with van der Waals surface area (Å²) in [7, 11) is 1.74. The summed E-state index contributed by atoms with van der Waals surface area (Å²) < 4.78 is 10.9. The number of fused-ring (bicyclic) bond motifs is 1. The minimum atomic E-state index is -0.464. The van der Waals surface area contributed by atoms with Crippen LogP contribution in [0, 0.1) is 0 Å². The molecule has 1 aromatic rings. The van der Waals surface area contributed by atoms with Gasteiger partial charge < -0.3 is 24.6 Å². The number of likely N-dealkylation sites (N-methyl/N-ethyl adjacent to an activating group) is 1. The van der Waals surface area contributed by atoms with Gasteiger partial charge in [-0.15, -0.1) is 0 Å². The molecular formula is C19H23N3O5. The molecule has 8 nitrogen and oxygen atoms in total. The Morgan fingerprint density at radius 1 is 1.26 bits per heavy atom. The Labute approximate surface area is 157 Å². The second-order valence-electron chi connectivity index (χ2n) is 7.49. The van der Waals surface area contributed by atoms with Gasteiger partial charge in [0, 0.05) is 26.6 Å². The highest BCUT2D eigenvalue weighted by molar-refractivity contribution is 5.95. The Bertz CT molecular complexity index is 796. The average molecular weight is 373 g/mol. The van der Waals surface area contributed by atoms with Crippen LogP contribution in [-0.2, 0) is 20.7 Å². The first-order valence-electron chi connectivity index (χ1n) is 9.22. The highest BCUT2D eigenvalue weighted by Crippen LogP contribution is 2.33. The van der Waals surface area contributed by atoms with Crippen molar-refractivity contribution in [1.82, 2.24) is 9.80 Å². The van der Waals surface area contributed by atoms with Gasteiger partial charge in [0.1, 0.15) is 11.4 Å². The maximum absolute atomic E-state index is 12.8. The Kier molecular flexibility index (Phi) is 4.41. The maximum Gasteiger partial charge on any atom is 0.410 e. The number of ether oxygens (including phenoxy) is 2. The van der Waals surface area contributed by atoms with Crippen LogP contribution < -0.4 is 10.1 Å². The summed E-state index contributed by atoms with van der Waals surface area (Å²) >= 11 is 0. The zero-order valence-electron chi connectivity index (χ0n) is 15.3. The van der Waals surface area contributed by atoms with Crippen molar-refractivity contribution in [2.75, 3.05) is 38.6 Å². The van der Waals surface area contributed by atoms with Crippen LogP contribution >= 0.6 is 0 Å². The van der Waals surface area contributed by atoms with Gasteiger partial charge in [0.05, 0.1) is 18.7 Å². The molecule has 3 aliphatic rings. The van der Waals surface area contributed by atoms with Crippen molar-refractivity contribution in [3.05, 3.63) is 23.8 Å². The van der Waals surface area contributed by atoms with Crippen molar-refractivity contribution in [3.63, 3.8) is 0 Å². The topological polar surface area (TPSA) is 88.2 Å². The fraction of sp³-hybridized carbons (Fsp3) is 0.526. The number of rotatable bonds is 2. The van der Waals surface area contributed by atoms with Crippen LogP contribution in [0.4, 0.5) is 10.5 Å². The normalized spacial score (nSPS) is 24.8. The highest BCUT2D eigenvalue weighted by Gasteiger charge is 2.44. The first-order chi connectivity index (χ1) is 12.9. The zero-order chi connectivity index (χ0) is 19.0. The molecule has 0 aromatic heterocycles. The number of amides is 3. The molecule has 144 valence electrons. The molecule has 27 heavy (non-hydrogen) atoms. The molecule has 0 unspecified atom stereocenters. The van der Waals surface area contributed by atoms with E-state index in [1.54, 1.807) is 24.1 Å². The molecular weight excluding hydrogens is 350 g/mol. The number of hydrogen-bond donors (Lipinski definition) is 1. The molecule has 4 rings (SSSR count). The SMILES string of the molecule is CN1C[C@@]2(CCCN(C(=O)Cc3ccc4c(c3)NC(=O)CO4)CC2)OC1=O. The molecule has 2 saturated heterocycles. The van der Waals surface area contributed by atoms with Crippen molar-refractivity contribution in [2.24, 2.45) is 0 Å². The van der Waals surface area contributed by atoms with E-state index in [1.165, 1.54) is 0 Å². The maximum atomic E-state index is 12.8. The van der Waals surface area contributed by atoms with E-state index >= 15 is 0 Å². The van der Waals surface area contributed by atoms with Crippen LogP contribution in [0.5, 0.6) is 5.75 Å². The third-order valence-electron chi connectivity index (χ3n) is 5.42.